The van der Waals surface area contributed by atoms with Crippen molar-refractivity contribution in [1.82, 2.24) is 4.90 Å². The highest BCUT2D eigenvalue weighted by molar-refractivity contribution is 5.77. The summed E-state index contributed by atoms with van der Waals surface area (Å²) in [5.74, 6) is -0.822. The van der Waals surface area contributed by atoms with Gasteiger partial charge in [-0.2, -0.15) is 0 Å². The molecule has 0 saturated heterocycles. The number of esters is 2. The average molecular weight is 203 g/mol. The summed E-state index contributed by atoms with van der Waals surface area (Å²) >= 11 is 0. The van der Waals surface area contributed by atoms with E-state index in [4.69, 9.17) is 4.74 Å². The van der Waals surface area contributed by atoms with Crippen LogP contribution in [0.4, 0.5) is 0 Å². The predicted octanol–water partition coefficient (Wildman–Crippen LogP) is 0.0412. The summed E-state index contributed by atoms with van der Waals surface area (Å²) in [6.45, 7) is 2.96. The van der Waals surface area contributed by atoms with Crippen molar-refractivity contribution in [2.75, 3.05) is 21.2 Å². The standard InChI is InChI=1S/C9H17NO4/c1-6(14-7(2)11)8(10(3)4)9(12)13-5/h6,8H,1-5H3/t6-,8+/m0/s1. The molecule has 0 heterocycles. The first-order chi connectivity index (χ1) is 6.40. The number of likely N-dealkylation sites (N-methyl/N-ethyl adjacent to an activating group) is 1. The van der Waals surface area contributed by atoms with Crippen LogP contribution >= 0.6 is 0 Å². The zero-order valence-corrected chi connectivity index (χ0v) is 9.23. The highest BCUT2D eigenvalue weighted by Crippen LogP contribution is 2.06. The SMILES string of the molecule is COC(=O)[C@@H]([C@H](C)OC(C)=O)N(C)C. The Morgan fingerprint density at radius 1 is 1.29 bits per heavy atom. The van der Waals surface area contributed by atoms with Crippen LogP contribution < -0.4 is 0 Å². The normalized spacial score (nSPS) is 14.7. The molecule has 0 unspecified atom stereocenters. The lowest BCUT2D eigenvalue weighted by Gasteiger charge is -2.26. The second-order valence-corrected chi connectivity index (χ2v) is 3.25. The van der Waals surface area contributed by atoms with Crippen molar-refractivity contribution in [3.8, 4) is 0 Å². The van der Waals surface area contributed by atoms with E-state index in [0.29, 0.717) is 0 Å². The second-order valence-electron chi connectivity index (χ2n) is 3.25. The van der Waals surface area contributed by atoms with Crippen molar-refractivity contribution in [2.45, 2.75) is 26.0 Å². The highest BCUT2D eigenvalue weighted by atomic mass is 16.6. The number of hydrogen-bond acceptors (Lipinski definition) is 5. The van der Waals surface area contributed by atoms with Gasteiger partial charge in [-0.15, -0.1) is 0 Å². The molecule has 0 fully saturated rings. The van der Waals surface area contributed by atoms with E-state index >= 15 is 0 Å². The van der Waals surface area contributed by atoms with Gasteiger partial charge in [0, 0.05) is 6.92 Å². The fourth-order valence-electron chi connectivity index (χ4n) is 1.27. The van der Waals surface area contributed by atoms with E-state index in [1.54, 1.807) is 25.9 Å². The molecule has 0 aromatic heterocycles. The molecule has 0 aliphatic heterocycles. The summed E-state index contributed by atoms with van der Waals surface area (Å²) in [6, 6.07) is -0.566. The third-order valence-electron chi connectivity index (χ3n) is 1.80. The number of carbonyl (C=O) groups excluding carboxylic acids is 2. The van der Waals surface area contributed by atoms with E-state index in [1.165, 1.54) is 14.0 Å². The van der Waals surface area contributed by atoms with Gasteiger partial charge < -0.3 is 9.47 Å². The van der Waals surface area contributed by atoms with Gasteiger partial charge in [-0.25, -0.2) is 0 Å². The molecule has 0 N–H and O–H groups in total. The molecule has 0 bridgehead atoms. The Bertz CT molecular complexity index is 215. The minimum absolute atomic E-state index is 0.409. The minimum atomic E-state index is -0.566. The molecule has 5 heteroatoms. The summed E-state index contributed by atoms with van der Waals surface area (Å²) in [7, 11) is 4.75. The van der Waals surface area contributed by atoms with E-state index < -0.39 is 24.1 Å². The molecule has 0 spiro atoms. The Labute approximate surface area is 84.0 Å². The topological polar surface area (TPSA) is 55.8 Å². The summed E-state index contributed by atoms with van der Waals surface area (Å²) in [4.78, 5) is 23.7. The third-order valence-corrected chi connectivity index (χ3v) is 1.80. The van der Waals surface area contributed by atoms with Gasteiger partial charge in [-0.05, 0) is 21.0 Å². The lowest BCUT2D eigenvalue weighted by molar-refractivity contribution is -0.158. The Kier molecular flexibility index (Phi) is 5.15. The summed E-state index contributed by atoms with van der Waals surface area (Å²) in [6.07, 6.45) is -0.519. The molecule has 2 atom stereocenters. The van der Waals surface area contributed by atoms with Gasteiger partial charge in [0.25, 0.3) is 0 Å². The van der Waals surface area contributed by atoms with Crippen molar-refractivity contribution < 1.29 is 19.1 Å². The number of nitrogens with zero attached hydrogens (tertiary/aromatic N) is 1. The maximum atomic E-state index is 11.3. The third kappa shape index (κ3) is 3.74. The molecule has 82 valence electrons. The quantitative estimate of drug-likeness (QED) is 0.604. The number of methoxy groups -OCH3 is 1. The maximum absolute atomic E-state index is 11.3. The van der Waals surface area contributed by atoms with Gasteiger partial charge >= 0.3 is 11.9 Å². The van der Waals surface area contributed by atoms with E-state index in [-0.39, 0.29) is 0 Å². The van der Waals surface area contributed by atoms with Gasteiger partial charge in [0.1, 0.15) is 12.1 Å². The molecule has 0 saturated carbocycles. The molecular weight excluding hydrogens is 186 g/mol. The first-order valence-electron chi connectivity index (χ1n) is 4.31. The smallest absolute Gasteiger partial charge is 0.326 e. The molecule has 0 aromatic carbocycles. The van der Waals surface area contributed by atoms with E-state index in [0.717, 1.165) is 0 Å². The maximum Gasteiger partial charge on any atom is 0.326 e. The largest absolute Gasteiger partial charge is 0.468 e. The van der Waals surface area contributed by atoms with Crippen molar-refractivity contribution in [2.24, 2.45) is 0 Å². The summed E-state index contributed by atoms with van der Waals surface area (Å²) in [5.41, 5.74) is 0. The molecule has 0 amide bonds. The van der Waals surface area contributed by atoms with Crippen LogP contribution in [0, 0.1) is 0 Å². The number of carbonyl (C=O) groups is 2. The van der Waals surface area contributed by atoms with Gasteiger partial charge in [-0.3, -0.25) is 14.5 Å². The average Bonchev–Trinajstić information content (AvgIpc) is 2.01. The molecule has 0 aliphatic rings. The lowest BCUT2D eigenvalue weighted by atomic mass is 10.1. The molecule has 0 radical (unpaired) electrons. The first kappa shape index (κ1) is 12.9. The number of hydrogen-bond donors (Lipinski definition) is 0. The lowest BCUT2D eigenvalue weighted by Crippen LogP contribution is -2.46. The zero-order valence-electron chi connectivity index (χ0n) is 9.23. The van der Waals surface area contributed by atoms with E-state index in [1.807, 2.05) is 0 Å². The van der Waals surface area contributed by atoms with Crippen LogP contribution in [0.1, 0.15) is 13.8 Å². The molecule has 14 heavy (non-hydrogen) atoms. The summed E-state index contributed by atoms with van der Waals surface area (Å²) < 4.78 is 9.52. The minimum Gasteiger partial charge on any atom is -0.468 e. The summed E-state index contributed by atoms with van der Waals surface area (Å²) in [5, 5.41) is 0. The van der Waals surface area contributed by atoms with Crippen LogP contribution in [0.2, 0.25) is 0 Å². The molecule has 0 aromatic rings. The molecule has 0 rings (SSSR count). The van der Waals surface area contributed by atoms with Gasteiger partial charge in [0.05, 0.1) is 7.11 Å². The molecule has 0 aliphatic carbocycles. The van der Waals surface area contributed by atoms with E-state index in [9.17, 15) is 9.59 Å². The van der Waals surface area contributed by atoms with Gasteiger partial charge in [0.15, 0.2) is 0 Å². The van der Waals surface area contributed by atoms with Gasteiger partial charge in [0.2, 0.25) is 0 Å². The second kappa shape index (κ2) is 5.59. The van der Waals surface area contributed by atoms with Gasteiger partial charge in [-0.1, -0.05) is 0 Å². The number of ether oxygens (including phenoxy) is 2. The van der Waals surface area contributed by atoms with Crippen LogP contribution in [0.25, 0.3) is 0 Å². The highest BCUT2D eigenvalue weighted by Gasteiger charge is 2.30. The fraction of sp³-hybridized carbons (Fsp3) is 0.778. The van der Waals surface area contributed by atoms with E-state index in [2.05, 4.69) is 4.74 Å². The predicted molar refractivity (Wildman–Crippen MR) is 50.7 cm³/mol. The van der Waals surface area contributed by atoms with Crippen molar-refractivity contribution in [3.05, 3.63) is 0 Å². The van der Waals surface area contributed by atoms with Crippen LogP contribution in [-0.4, -0.2) is 50.2 Å². The molecule has 5 nitrogen and oxygen atoms in total. The Morgan fingerprint density at radius 2 is 1.79 bits per heavy atom. The first-order valence-corrected chi connectivity index (χ1v) is 4.31. The monoisotopic (exact) mass is 203 g/mol. The Hall–Kier alpha value is -1.10. The van der Waals surface area contributed by atoms with Crippen molar-refractivity contribution in [1.29, 1.82) is 0 Å². The fourth-order valence-corrected chi connectivity index (χ4v) is 1.27. The van der Waals surface area contributed by atoms with Crippen molar-refractivity contribution in [3.63, 3.8) is 0 Å². The van der Waals surface area contributed by atoms with Crippen LogP contribution in [0.5, 0.6) is 0 Å². The van der Waals surface area contributed by atoms with Crippen LogP contribution in [0.15, 0.2) is 0 Å². The Morgan fingerprint density at radius 3 is 2.07 bits per heavy atom. The zero-order chi connectivity index (χ0) is 11.3. The Balaban J connectivity index is 4.48. The number of rotatable bonds is 4. The van der Waals surface area contributed by atoms with Crippen LogP contribution in [0.3, 0.4) is 0 Å². The van der Waals surface area contributed by atoms with Crippen LogP contribution in [-0.2, 0) is 19.1 Å². The van der Waals surface area contributed by atoms with Crippen molar-refractivity contribution >= 4 is 11.9 Å². The molecular formula is C9H17NO4.